The molecular weight excluding hydrogens is 1090 g/mol. The number of aromatic amines is 1. The minimum Gasteiger partial charge on any atom is -0.481 e. The highest BCUT2D eigenvalue weighted by molar-refractivity contribution is 6.00. The molecule has 0 radical (unpaired) electrons. The number of primary amides is 1. The van der Waals surface area contributed by atoms with Crippen LogP contribution < -0.4 is 58.9 Å². The molecule has 11 atom stereocenters. The fourth-order valence-electron chi connectivity index (χ4n) is 8.79. The first-order chi connectivity index (χ1) is 39.0. The predicted molar refractivity (Wildman–Crippen MR) is 294 cm³/mol. The molecule has 30 heteroatoms. The smallest absolute Gasteiger partial charge is 0.326 e. The first-order valence-corrected chi connectivity index (χ1v) is 27.1. The van der Waals surface area contributed by atoms with E-state index >= 15 is 0 Å². The number of fused-ring (bicyclic) bond motifs is 1. The van der Waals surface area contributed by atoms with Crippen LogP contribution in [0.4, 0.5) is 0 Å². The molecule has 1 saturated heterocycles. The van der Waals surface area contributed by atoms with Crippen molar-refractivity contribution in [3.63, 3.8) is 0 Å². The minimum atomic E-state index is -1.86. The number of carbonyl (C=O) groups excluding carboxylic acids is 12. The molecule has 1 fully saturated rings. The van der Waals surface area contributed by atoms with Crippen LogP contribution in [-0.2, 0) is 73.5 Å². The number of nitrogens with two attached hydrogens (primary N) is 1. The Bertz CT molecular complexity index is 2720. The van der Waals surface area contributed by atoms with Crippen LogP contribution in [0.3, 0.4) is 0 Å². The average Bonchev–Trinajstić information content (AvgIpc) is 4.32. The van der Waals surface area contributed by atoms with E-state index in [1.165, 1.54) is 39.5 Å². The largest absolute Gasteiger partial charge is 0.481 e. The van der Waals surface area contributed by atoms with E-state index in [1.54, 1.807) is 51.2 Å². The van der Waals surface area contributed by atoms with Crippen molar-refractivity contribution in [1.82, 2.24) is 63.1 Å². The number of nitrogens with one attached hydrogen (secondary N) is 11. The maximum absolute atomic E-state index is 14.3. The molecular formula is C53H79N13O17. The number of H-pyrrole nitrogens is 1. The number of hydrogen-bond acceptors (Lipinski definition) is 15. The Hall–Kier alpha value is -8.70. The van der Waals surface area contributed by atoms with E-state index in [4.69, 9.17) is 5.73 Å². The summed E-state index contributed by atoms with van der Waals surface area (Å²) in [5.41, 5.74) is 6.60. The van der Waals surface area contributed by atoms with Crippen LogP contribution in [0, 0.1) is 11.8 Å². The highest BCUT2D eigenvalue weighted by atomic mass is 16.4. The van der Waals surface area contributed by atoms with Crippen LogP contribution in [-0.4, -0.2) is 188 Å². The second kappa shape index (κ2) is 32.7. The summed E-state index contributed by atoms with van der Waals surface area (Å²) >= 11 is 0. The van der Waals surface area contributed by atoms with Gasteiger partial charge in [-0.2, -0.15) is 0 Å². The topological polar surface area (TPSA) is 465 Å². The molecule has 1 aromatic heterocycles. The zero-order chi connectivity index (χ0) is 62.4. The van der Waals surface area contributed by atoms with Gasteiger partial charge in [0.1, 0.15) is 60.4 Å². The lowest BCUT2D eigenvalue weighted by atomic mass is 9.97. The number of aliphatic hydroxyl groups excluding tert-OH is 1. The number of carboxylic acid groups (broad SMARTS) is 2. The summed E-state index contributed by atoms with van der Waals surface area (Å²) in [4.78, 5) is 187. The summed E-state index contributed by atoms with van der Waals surface area (Å²) in [5.74, 6) is -14.4. The summed E-state index contributed by atoms with van der Waals surface area (Å²) < 4.78 is 0. The van der Waals surface area contributed by atoms with Crippen molar-refractivity contribution in [2.24, 2.45) is 17.6 Å². The number of para-hydroxylation sites is 1. The zero-order valence-corrected chi connectivity index (χ0v) is 47.7. The number of rotatable bonds is 33. The van der Waals surface area contributed by atoms with Crippen LogP contribution in [0.15, 0.2) is 30.5 Å². The van der Waals surface area contributed by atoms with Gasteiger partial charge in [0, 0.05) is 43.4 Å². The van der Waals surface area contributed by atoms with Gasteiger partial charge in [-0.25, -0.2) is 4.79 Å². The molecule has 0 spiro atoms. The van der Waals surface area contributed by atoms with Gasteiger partial charge < -0.3 is 84.1 Å². The summed E-state index contributed by atoms with van der Waals surface area (Å²) in [7, 11) is 0. The highest BCUT2D eigenvalue weighted by Crippen LogP contribution is 2.21. The van der Waals surface area contributed by atoms with Crippen molar-refractivity contribution < 1.29 is 82.4 Å². The molecule has 1 aliphatic heterocycles. The quantitative estimate of drug-likeness (QED) is 0.0326. The average molecular weight is 1170 g/mol. The van der Waals surface area contributed by atoms with Gasteiger partial charge in [-0.05, 0) is 69.9 Å². The van der Waals surface area contributed by atoms with E-state index in [0.29, 0.717) is 22.9 Å². The summed E-state index contributed by atoms with van der Waals surface area (Å²) in [6.07, 6.45) is 0.408. The molecule has 0 saturated carbocycles. The van der Waals surface area contributed by atoms with Crippen molar-refractivity contribution in [3.05, 3.63) is 36.0 Å². The van der Waals surface area contributed by atoms with E-state index in [-0.39, 0.29) is 38.1 Å². The van der Waals surface area contributed by atoms with Crippen LogP contribution >= 0.6 is 0 Å². The molecule has 1 aromatic carbocycles. The van der Waals surface area contributed by atoms with Gasteiger partial charge in [0.15, 0.2) is 0 Å². The third-order valence-corrected chi connectivity index (χ3v) is 13.6. The first kappa shape index (κ1) is 68.6. The van der Waals surface area contributed by atoms with Crippen molar-refractivity contribution in [3.8, 4) is 0 Å². The van der Waals surface area contributed by atoms with E-state index in [1.807, 2.05) is 0 Å². The van der Waals surface area contributed by atoms with Crippen LogP contribution in [0.2, 0.25) is 0 Å². The Morgan fingerprint density at radius 1 is 0.663 bits per heavy atom. The molecule has 30 nitrogen and oxygen atoms in total. The predicted octanol–water partition coefficient (Wildman–Crippen LogP) is -3.83. The number of benzene rings is 1. The minimum absolute atomic E-state index is 0.0539. The molecule has 0 bridgehead atoms. The number of aliphatic carboxylic acids is 2. The molecule has 1 unspecified atom stereocenters. The molecule has 458 valence electrons. The SMILES string of the molecule is CCC(C)[C@H](NC(=O)[C@H](CC(=O)O)NC(=O)[C@H](C)NC(=O)[C@H](C)NC(C)=O)C(=O)N[C@@H](CO)C(=O)N[C@@H](CCC(N)=O)C(=O)N[C@@H](Cc1c[nH]c2ccccc12)C(=O)N[C@@H](C)C(=O)NCC(=O)N1CCC[C@H]1C(=O)N[C@@H](CC(C)C)C(=O)O. The van der Waals surface area contributed by atoms with Crippen molar-refractivity contribution in [2.45, 2.75) is 167 Å². The molecule has 12 amide bonds. The Labute approximate surface area is 478 Å². The lowest BCUT2D eigenvalue weighted by Crippen LogP contribution is -2.61. The fraction of sp³-hybridized carbons (Fsp3) is 0.585. The number of aliphatic hydroxyl groups is 1. The van der Waals surface area contributed by atoms with E-state index < -0.39 is 182 Å². The third kappa shape index (κ3) is 21.6. The summed E-state index contributed by atoms with van der Waals surface area (Å²) in [6, 6.07) is -7.41. The zero-order valence-electron chi connectivity index (χ0n) is 47.7. The van der Waals surface area contributed by atoms with Gasteiger partial charge in [-0.3, -0.25) is 62.3 Å². The number of amides is 12. The standard InChI is InChI=1S/C53H79N13O17/c1-9-26(4)43(65-49(78)36(21-42(71)72)61-46(75)29(7)58-45(74)28(6)57-30(8)68)52(81)64-38(24-67)50(79)60-34(16-17-40(54)69)47(76)62-35(20-31-22-55-33-14-11-10-13-32(31)33)48(77)59-27(5)44(73)56-23-41(70)66-18-12-15-39(66)51(80)63-37(53(82)83)19-25(2)3/h10-11,13-14,22,25-29,34-39,43,55,67H,9,12,15-21,23-24H2,1-8H3,(H2,54,69)(H,56,73)(H,57,68)(H,58,74)(H,59,77)(H,60,79)(H,61,75)(H,62,76)(H,63,80)(H,64,81)(H,65,78)(H,71,72)(H,82,83)/t26?,27-,28-,29-,34-,35-,36-,37-,38-,39-,43-/m0/s1. The molecule has 83 heavy (non-hydrogen) atoms. The van der Waals surface area contributed by atoms with Crippen molar-refractivity contribution in [2.75, 3.05) is 19.7 Å². The Balaban J connectivity index is 1.81. The molecule has 2 aromatic rings. The fourth-order valence-corrected chi connectivity index (χ4v) is 8.79. The number of aromatic nitrogens is 1. The molecule has 2 heterocycles. The van der Waals surface area contributed by atoms with Gasteiger partial charge in [-0.15, -0.1) is 0 Å². The number of hydrogen-bond donors (Lipinski definition) is 15. The lowest BCUT2D eigenvalue weighted by molar-refractivity contribution is -0.144. The number of carbonyl (C=O) groups is 14. The van der Waals surface area contributed by atoms with Crippen molar-refractivity contribution in [1.29, 1.82) is 0 Å². The van der Waals surface area contributed by atoms with Crippen LogP contribution in [0.5, 0.6) is 0 Å². The van der Waals surface area contributed by atoms with E-state index in [9.17, 15) is 82.4 Å². The Kier molecular flexibility index (Phi) is 27.0. The van der Waals surface area contributed by atoms with E-state index in [2.05, 4.69) is 58.2 Å². The highest BCUT2D eigenvalue weighted by Gasteiger charge is 2.38. The summed E-state index contributed by atoms with van der Waals surface area (Å²) in [5, 5.41) is 54.2. The van der Waals surface area contributed by atoms with Gasteiger partial charge in [0.05, 0.1) is 19.6 Å². The number of nitrogens with zero attached hydrogens (tertiary/aromatic N) is 1. The Morgan fingerprint density at radius 2 is 1.22 bits per heavy atom. The molecule has 16 N–H and O–H groups in total. The Morgan fingerprint density at radius 3 is 1.82 bits per heavy atom. The number of likely N-dealkylation sites (tertiary alicyclic amines) is 1. The van der Waals surface area contributed by atoms with E-state index in [0.717, 1.165) is 0 Å². The van der Waals surface area contributed by atoms with Crippen LogP contribution in [0.25, 0.3) is 10.9 Å². The van der Waals surface area contributed by atoms with Crippen LogP contribution in [0.1, 0.15) is 106 Å². The summed E-state index contributed by atoms with van der Waals surface area (Å²) in [6.45, 7) is 10.2. The van der Waals surface area contributed by atoms with Crippen molar-refractivity contribution >= 4 is 93.7 Å². The van der Waals surface area contributed by atoms with Gasteiger partial charge in [0.2, 0.25) is 70.9 Å². The lowest BCUT2D eigenvalue weighted by Gasteiger charge is -2.29. The first-order valence-electron chi connectivity index (χ1n) is 27.1. The maximum atomic E-state index is 14.3. The van der Waals surface area contributed by atoms with Gasteiger partial charge in [-0.1, -0.05) is 52.3 Å². The molecule has 3 rings (SSSR count). The second-order valence-electron chi connectivity index (χ2n) is 20.8. The van der Waals surface area contributed by atoms with Gasteiger partial charge in [0.25, 0.3) is 0 Å². The maximum Gasteiger partial charge on any atom is 0.326 e. The monoisotopic (exact) mass is 1170 g/mol. The normalized spacial score (nSPS) is 16.6. The number of carboxylic acids is 2. The third-order valence-electron chi connectivity index (χ3n) is 13.6. The molecule has 0 aliphatic carbocycles. The van der Waals surface area contributed by atoms with Gasteiger partial charge >= 0.3 is 11.9 Å². The second-order valence-corrected chi connectivity index (χ2v) is 20.8. The molecule has 1 aliphatic rings.